The van der Waals surface area contributed by atoms with Crippen LogP contribution in [0.1, 0.15) is 30.0 Å². The molecular weight excluding hydrogens is 350 g/mol. The largest absolute Gasteiger partial charge is 0.410 e. The Balaban J connectivity index is 2.28. The van der Waals surface area contributed by atoms with Gasteiger partial charge in [-0.15, -0.1) is 0 Å². The number of halogens is 1. The third-order valence-corrected chi connectivity index (χ3v) is 3.61. The van der Waals surface area contributed by atoms with Crippen LogP contribution in [0.25, 0.3) is 0 Å². The van der Waals surface area contributed by atoms with Gasteiger partial charge < -0.3 is 10.5 Å². The molecule has 2 rings (SSSR count). The van der Waals surface area contributed by atoms with Crippen molar-refractivity contribution in [1.29, 1.82) is 0 Å². The summed E-state index contributed by atoms with van der Waals surface area (Å²) >= 11 is 3.37. The van der Waals surface area contributed by atoms with Gasteiger partial charge in [0.25, 0.3) is 0 Å². The van der Waals surface area contributed by atoms with Crippen LogP contribution < -0.4 is 10.5 Å². The molecule has 7 heteroatoms. The van der Waals surface area contributed by atoms with Crippen LogP contribution in [0.2, 0.25) is 0 Å². The van der Waals surface area contributed by atoms with Gasteiger partial charge in [0.2, 0.25) is 0 Å². The topological polar surface area (TPSA) is 95.2 Å². The van der Waals surface area contributed by atoms with Crippen LogP contribution in [0.3, 0.4) is 0 Å². The Kier molecular flexibility index (Phi) is 4.56. The summed E-state index contributed by atoms with van der Waals surface area (Å²) in [6.07, 6.45) is 1.98. The molecule has 0 saturated carbocycles. The quantitative estimate of drug-likeness (QED) is 0.842. The molecule has 114 valence electrons. The normalized spacial score (nSPS) is 11.0. The predicted octanol–water partition coefficient (Wildman–Crippen LogP) is 2.86. The highest BCUT2D eigenvalue weighted by molar-refractivity contribution is 9.10. The van der Waals surface area contributed by atoms with E-state index in [1.165, 1.54) is 18.3 Å². The number of rotatable bonds is 4. The fourth-order valence-corrected chi connectivity index (χ4v) is 2.21. The zero-order valence-electron chi connectivity index (χ0n) is 12.0. The molecule has 0 spiro atoms. The molecule has 1 amide bonds. The summed E-state index contributed by atoms with van der Waals surface area (Å²) in [5.74, 6) is -0.00818. The number of hydrogen-bond donors (Lipinski definition) is 1. The molecule has 0 aliphatic carbocycles. The minimum atomic E-state index is -0.931. The van der Waals surface area contributed by atoms with Crippen LogP contribution in [-0.4, -0.2) is 21.8 Å². The lowest BCUT2D eigenvalue weighted by molar-refractivity contribution is 0.0900. The van der Waals surface area contributed by atoms with Gasteiger partial charge in [-0.1, -0.05) is 15.9 Å². The number of ketones is 1. The van der Waals surface area contributed by atoms with Gasteiger partial charge >= 0.3 is 6.09 Å². The van der Waals surface area contributed by atoms with Gasteiger partial charge in [0.1, 0.15) is 5.69 Å². The Labute approximate surface area is 135 Å². The Morgan fingerprint density at radius 2 is 1.95 bits per heavy atom. The first-order valence-corrected chi connectivity index (χ1v) is 7.20. The average Bonchev–Trinajstić information content (AvgIpc) is 2.46. The van der Waals surface area contributed by atoms with Crippen LogP contribution in [0.5, 0.6) is 5.75 Å². The van der Waals surface area contributed by atoms with Crippen LogP contribution in [0, 0.1) is 0 Å². The van der Waals surface area contributed by atoms with Crippen LogP contribution in [-0.2, 0) is 5.41 Å². The second-order valence-electron chi connectivity index (χ2n) is 5.11. The summed E-state index contributed by atoms with van der Waals surface area (Å²) in [7, 11) is 0. The summed E-state index contributed by atoms with van der Waals surface area (Å²) in [6, 6.07) is 6.54. The third-order valence-electron chi connectivity index (χ3n) is 3.12. The number of carbonyl (C=O) groups excluding carboxylic acids is 2. The standard InChI is InChI=1S/C15H14BrN3O3/c1-15(2,12-7-9(16)5-6-18-12)13(20)11-4-3-10(8-19-11)22-14(17)21/h3-8H,1-2H3,(H2,17,21). The van der Waals surface area contributed by atoms with E-state index in [0.717, 1.165) is 4.47 Å². The molecule has 0 aliphatic rings. The van der Waals surface area contributed by atoms with E-state index in [2.05, 4.69) is 30.6 Å². The van der Waals surface area contributed by atoms with Crippen molar-refractivity contribution in [2.45, 2.75) is 19.3 Å². The zero-order chi connectivity index (χ0) is 16.3. The predicted molar refractivity (Wildman–Crippen MR) is 83.7 cm³/mol. The van der Waals surface area contributed by atoms with Crippen molar-refractivity contribution >= 4 is 27.8 Å². The molecule has 0 aliphatic heterocycles. The second-order valence-corrected chi connectivity index (χ2v) is 6.03. The Morgan fingerprint density at radius 3 is 2.50 bits per heavy atom. The Hall–Kier alpha value is -2.28. The zero-order valence-corrected chi connectivity index (χ0v) is 13.6. The van der Waals surface area contributed by atoms with Gasteiger partial charge in [-0.2, -0.15) is 0 Å². The molecule has 0 bridgehead atoms. The first-order chi connectivity index (χ1) is 10.3. The van der Waals surface area contributed by atoms with Crippen LogP contribution in [0.4, 0.5) is 4.79 Å². The number of carbonyl (C=O) groups is 2. The van der Waals surface area contributed by atoms with Gasteiger partial charge in [0.05, 0.1) is 17.3 Å². The molecule has 2 heterocycles. The SMILES string of the molecule is CC(C)(C(=O)c1ccc(OC(N)=O)cn1)c1cc(Br)ccn1. The molecule has 22 heavy (non-hydrogen) atoms. The van der Waals surface area contributed by atoms with E-state index >= 15 is 0 Å². The highest BCUT2D eigenvalue weighted by atomic mass is 79.9. The molecular formula is C15H14BrN3O3. The van der Waals surface area contributed by atoms with Gasteiger partial charge in [-0.3, -0.25) is 9.78 Å². The first kappa shape index (κ1) is 16.1. The summed E-state index contributed by atoms with van der Waals surface area (Å²) in [5.41, 5.74) is 4.95. The van der Waals surface area contributed by atoms with E-state index in [0.29, 0.717) is 5.69 Å². The molecule has 2 aromatic rings. The van der Waals surface area contributed by atoms with Crippen molar-refractivity contribution in [3.8, 4) is 5.75 Å². The van der Waals surface area contributed by atoms with Crippen LogP contribution in [0.15, 0.2) is 41.1 Å². The summed E-state index contributed by atoms with van der Waals surface area (Å²) < 4.78 is 5.53. The van der Waals surface area contributed by atoms with Gasteiger partial charge in [0, 0.05) is 10.7 Å². The van der Waals surface area contributed by atoms with Gasteiger partial charge in [-0.25, -0.2) is 9.78 Å². The van der Waals surface area contributed by atoms with Crippen molar-refractivity contribution in [1.82, 2.24) is 9.97 Å². The molecule has 0 fully saturated rings. The number of primary amides is 1. The number of Topliss-reactive ketones (excluding diaryl/α,β-unsaturated/α-hetero) is 1. The highest BCUT2D eigenvalue weighted by Crippen LogP contribution is 2.27. The van der Waals surface area contributed by atoms with Crippen molar-refractivity contribution in [2.24, 2.45) is 5.73 Å². The molecule has 0 saturated heterocycles. The van der Waals surface area contributed by atoms with E-state index in [1.807, 2.05) is 0 Å². The molecule has 0 unspecified atom stereocenters. The lowest BCUT2D eigenvalue weighted by Gasteiger charge is -2.22. The van der Waals surface area contributed by atoms with E-state index in [9.17, 15) is 9.59 Å². The smallest absolute Gasteiger partial charge is 0.409 e. The summed E-state index contributed by atoms with van der Waals surface area (Å²) in [5, 5.41) is 0. The third kappa shape index (κ3) is 3.48. The maximum atomic E-state index is 12.7. The minimum Gasteiger partial charge on any atom is -0.409 e. The van der Waals surface area contributed by atoms with Gasteiger partial charge in [0.15, 0.2) is 11.5 Å². The van der Waals surface area contributed by atoms with E-state index in [-0.39, 0.29) is 17.2 Å². The number of hydrogen-bond acceptors (Lipinski definition) is 5. The Morgan fingerprint density at radius 1 is 1.23 bits per heavy atom. The summed E-state index contributed by atoms with van der Waals surface area (Å²) in [4.78, 5) is 31.6. The second kappa shape index (κ2) is 6.23. The fraction of sp³-hybridized carbons (Fsp3) is 0.200. The highest BCUT2D eigenvalue weighted by Gasteiger charge is 2.33. The number of aromatic nitrogens is 2. The lowest BCUT2D eigenvalue weighted by Crippen LogP contribution is -2.31. The van der Waals surface area contributed by atoms with Gasteiger partial charge in [-0.05, 0) is 38.1 Å². The van der Waals surface area contributed by atoms with E-state index in [1.54, 1.807) is 32.2 Å². The van der Waals surface area contributed by atoms with Crippen molar-refractivity contribution in [3.05, 3.63) is 52.5 Å². The number of amides is 1. The van der Waals surface area contributed by atoms with Crippen LogP contribution >= 0.6 is 15.9 Å². The number of pyridine rings is 2. The fourth-order valence-electron chi connectivity index (χ4n) is 1.87. The first-order valence-electron chi connectivity index (χ1n) is 6.41. The molecule has 0 aromatic carbocycles. The molecule has 6 nitrogen and oxygen atoms in total. The summed E-state index contributed by atoms with van der Waals surface area (Å²) in [6.45, 7) is 3.55. The lowest BCUT2D eigenvalue weighted by atomic mass is 9.82. The average molecular weight is 364 g/mol. The van der Waals surface area contributed by atoms with E-state index in [4.69, 9.17) is 5.73 Å². The number of nitrogens with zero attached hydrogens (tertiary/aromatic N) is 2. The number of ether oxygens (including phenoxy) is 1. The molecule has 2 aromatic heterocycles. The maximum Gasteiger partial charge on any atom is 0.410 e. The maximum absolute atomic E-state index is 12.7. The molecule has 0 atom stereocenters. The Bertz CT molecular complexity index is 714. The number of nitrogens with two attached hydrogens (primary N) is 1. The minimum absolute atomic E-state index is 0.183. The van der Waals surface area contributed by atoms with E-state index < -0.39 is 11.5 Å². The van der Waals surface area contributed by atoms with Crippen molar-refractivity contribution in [2.75, 3.05) is 0 Å². The molecule has 0 radical (unpaired) electrons. The van der Waals surface area contributed by atoms with Crippen molar-refractivity contribution in [3.63, 3.8) is 0 Å². The monoisotopic (exact) mass is 363 g/mol. The molecule has 2 N–H and O–H groups in total. The van der Waals surface area contributed by atoms with Crippen molar-refractivity contribution < 1.29 is 14.3 Å².